The Morgan fingerprint density at radius 3 is 2.33 bits per heavy atom. The summed E-state index contributed by atoms with van der Waals surface area (Å²) in [5.74, 6) is -1.76. The molecule has 24 heavy (non-hydrogen) atoms. The second-order valence-corrected chi connectivity index (χ2v) is 5.24. The molecule has 2 aromatic carbocycles. The van der Waals surface area contributed by atoms with Crippen LogP contribution in [0.4, 0.5) is 0 Å². The van der Waals surface area contributed by atoms with Gasteiger partial charge in [-0.25, -0.2) is 0 Å². The molecule has 3 rings (SSSR count). The molecule has 1 aromatic heterocycles. The summed E-state index contributed by atoms with van der Waals surface area (Å²) in [7, 11) is 1.41. The van der Waals surface area contributed by atoms with Crippen LogP contribution in [0.2, 0.25) is 0 Å². The Morgan fingerprint density at radius 1 is 1.00 bits per heavy atom. The number of aromatic hydroxyl groups is 4. The van der Waals surface area contributed by atoms with Crippen molar-refractivity contribution in [2.45, 2.75) is 6.92 Å². The van der Waals surface area contributed by atoms with Gasteiger partial charge in [-0.05, 0) is 25.1 Å². The fourth-order valence-corrected chi connectivity index (χ4v) is 2.51. The minimum Gasteiger partial charge on any atom is -0.507 e. The smallest absolute Gasteiger partial charge is 0.238 e. The van der Waals surface area contributed by atoms with Gasteiger partial charge in [0.05, 0.1) is 7.11 Å². The Hall–Kier alpha value is -3.35. The van der Waals surface area contributed by atoms with Crippen LogP contribution in [-0.4, -0.2) is 27.5 Å². The number of methoxy groups -OCH3 is 1. The van der Waals surface area contributed by atoms with Gasteiger partial charge in [-0.3, -0.25) is 4.79 Å². The van der Waals surface area contributed by atoms with Gasteiger partial charge in [0.25, 0.3) is 0 Å². The predicted molar refractivity (Wildman–Crippen MR) is 85.9 cm³/mol. The van der Waals surface area contributed by atoms with Gasteiger partial charge in [0.15, 0.2) is 17.3 Å². The fraction of sp³-hybridized carbons (Fsp3) is 0.118. The predicted octanol–water partition coefficient (Wildman–Crippen LogP) is 2.60. The summed E-state index contributed by atoms with van der Waals surface area (Å²) in [5.41, 5.74) is -0.116. The van der Waals surface area contributed by atoms with Gasteiger partial charge in [0.2, 0.25) is 11.2 Å². The van der Waals surface area contributed by atoms with Gasteiger partial charge in [-0.2, -0.15) is 0 Å². The average molecular weight is 330 g/mol. The van der Waals surface area contributed by atoms with Crippen LogP contribution in [0.1, 0.15) is 5.56 Å². The van der Waals surface area contributed by atoms with E-state index in [4.69, 9.17) is 9.15 Å². The lowest BCUT2D eigenvalue weighted by Gasteiger charge is -2.12. The van der Waals surface area contributed by atoms with E-state index in [9.17, 15) is 25.2 Å². The minimum atomic E-state index is -0.818. The lowest BCUT2D eigenvalue weighted by atomic mass is 10.1. The van der Waals surface area contributed by atoms with Gasteiger partial charge < -0.3 is 29.6 Å². The van der Waals surface area contributed by atoms with E-state index in [2.05, 4.69) is 0 Å². The molecule has 0 aliphatic heterocycles. The van der Waals surface area contributed by atoms with Crippen molar-refractivity contribution >= 4 is 11.0 Å². The van der Waals surface area contributed by atoms with E-state index in [0.717, 1.165) is 6.07 Å². The third-order valence-electron chi connectivity index (χ3n) is 3.78. The number of aryl methyl sites for hydroxylation is 1. The van der Waals surface area contributed by atoms with E-state index in [0.29, 0.717) is 11.3 Å². The van der Waals surface area contributed by atoms with Gasteiger partial charge in [0, 0.05) is 17.2 Å². The Labute approximate surface area is 135 Å². The largest absolute Gasteiger partial charge is 0.507 e. The first-order chi connectivity index (χ1) is 11.3. The second-order valence-electron chi connectivity index (χ2n) is 5.24. The zero-order valence-corrected chi connectivity index (χ0v) is 12.8. The number of benzene rings is 2. The summed E-state index contributed by atoms with van der Waals surface area (Å²) in [5, 5.41) is 39.0. The average Bonchev–Trinajstić information content (AvgIpc) is 2.56. The molecule has 0 saturated heterocycles. The molecule has 7 heteroatoms. The third-order valence-corrected chi connectivity index (χ3v) is 3.78. The van der Waals surface area contributed by atoms with Crippen LogP contribution >= 0.6 is 0 Å². The van der Waals surface area contributed by atoms with Crippen molar-refractivity contribution in [1.82, 2.24) is 0 Å². The van der Waals surface area contributed by atoms with Crippen molar-refractivity contribution in [2.75, 3.05) is 7.11 Å². The Bertz CT molecular complexity index is 1020. The molecule has 4 N–H and O–H groups in total. The molecule has 0 aliphatic carbocycles. The number of fused-ring (bicyclic) bond motifs is 1. The molecule has 0 bridgehead atoms. The maximum Gasteiger partial charge on any atom is 0.238 e. The van der Waals surface area contributed by atoms with Gasteiger partial charge >= 0.3 is 0 Å². The fourth-order valence-electron chi connectivity index (χ4n) is 2.51. The molecule has 1 heterocycles. The first kappa shape index (κ1) is 15.5. The molecule has 0 fully saturated rings. The first-order valence-corrected chi connectivity index (χ1v) is 6.93. The normalized spacial score (nSPS) is 10.9. The number of rotatable bonds is 2. The highest BCUT2D eigenvalue weighted by atomic mass is 16.5. The highest BCUT2D eigenvalue weighted by molar-refractivity contribution is 5.90. The van der Waals surface area contributed by atoms with Gasteiger partial charge in [0.1, 0.15) is 22.5 Å². The molecule has 0 saturated carbocycles. The molecule has 7 nitrogen and oxygen atoms in total. The van der Waals surface area contributed by atoms with Gasteiger partial charge in [-0.15, -0.1) is 0 Å². The Balaban J connectivity index is 2.42. The summed E-state index contributed by atoms with van der Waals surface area (Å²) in [4.78, 5) is 12.4. The lowest BCUT2D eigenvalue weighted by molar-refractivity contribution is 0.402. The first-order valence-electron chi connectivity index (χ1n) is 6.93. The molecule has 0 unspecified atom stereocenters. The molecule has 124 valence electrons. The van der Waals surface area contributed by atoms with Crippen molar-refractivity contribution in [3.05, 3.63) is 40.1 Å². The van der Waals surface area contributed by atoms with E-state index in [1.807, 2.05) is 0 Å². The van der Waals surface area contributed by atoms with Crippen LogP contribution in [0.5, 0.6) is 28.7 Å². The van der Waals surface area contributed by atoms with Crippen LogP contribution in [0.25, 0.3) is 22.3 Å². The molecule has 0 spiro atoms. The van der Waals surface area contributed by atoms with Crippen molar-refractivity contribution in [2.24, 2.45) is 0 Å². The number of phenolic OH excluding ortho intramolecular Hbond substituents is 3. The van der Waals surface area contributed by atoms with Crippen LogP contribution in [0.15, 0.2) is 33.5 Å². The SMILES string of the molecule is COc1cc(O)c2c(=O)c(O)c(-c3ccc(O)c(O)c3)oc2c1C. The number of phenols is 3. The zero-order valence-electron chi connectivity index (χ0n) is 12.8. The van der Waals surface area contributed by atoms with E-state index in [1.165, 1.54) is 25.3 Å². The van der Waals surface area contributed by atoms with E-state index >= 15 is 0 Å². The monoisotopic (exact) mass is 330 g/mol. The van der Waals surface area contributed by atoms with Gasteiger partial charge in [-0.1, -0.05) is 0 Å². The highest BCUT2D eigenvalue weighted by Crippen LogP contribution is 2.39. The molecule has 0 amide bonds. The van der Waals surface area contributed by atoms with E-state index in [1.54, 1.807) is 6.92 Å². The van der Waals surface area contributed by atoms with Crippen LogP contribution < -0.4 is 10.2 Å². The van der Waals surface area contributed by atoms with Crippen molar-refractivity contribution in [1.29, 1.82) is 0 Å². The molecule has 0 aliphatic rings. The number of ether oxygens (including phenoxy) is 1. The summed E-state index contributed by atoms with van der Waals surface area (Å²) in [6, 6.07) is 4.98. The molecular weight excluding hydrogens is 316 g/mol. The second kappa shape index (κ2) is 5.38. The maximum atomic E-state index is 12.4. The summed E-state index contributed by atoms with van der Waals surface area (Å²) in [6.45, 7) is 1.64. The van der Waals surface area contributed by atoms with Crippen molar-refractivity contribution < 1.29 is 29.6 Å². The van der Waals surface area contributed by atoms with E-state index in [-0.39, 0.29) is 33.8 Å². The highest BCUT2D eigenvalue weighted by Gasteiger charge is 2.21. The number of hydrogen-bond acceptors (Lipinski definition) is 7. The van der Waals surface area contributed by atoms with Crippen molar-refractivity contribution in [3.8, 4) is 40.1 Å². The standard InChI is InChI=1S/C17H14O7/c1-7-12(23-2)6-11(20)13-14(21)15(22)17(24-16(7)13)8-3-4-9(18)10(19)5-8/h3-6,18-20,22H,1-2H3. The third kappa shape index (κ3) is 2.18. The lowest BCUT2D eigenvalue weighted by Crippen LogP contribution is -2.04. The van der Waals surface area contributed by atoms with Crippen LogP contribution in [0, 0.1) is 6.92 Å². The minimum absolute atomic E-state index is 0.0530. The topological polar surface area (TPSA) is 120 Å². The van der Waals surface area contributed by atoms with Crippen LogP contribution in [-0.2, 0) is 0 Å². The van der Waals surface area contributed by atoms with Crippen LogP contribution in [0.3, 0.4) is 0 Å². The summed E-state index contributed by atoms with van der Waals surface area (Å²) in [6.07, 6.45) is 0. The molecule has 0 atom stereocenters. The Kier molecular flexibility index (Phi) is 3.48. The molecular formula is C17H14O7. The zero-order chi connectivity index (χ0) is 17.6. The molecule has 0 radical (unpaired) electrons. The molecule has 3 aromatic rings. The van der Waals surface area contributed by atoms with Crippen molar-refractivity contribution in [3.63, 3.8) is 0 Å². The Morgan fingerprint density at radius 2 is 1.71 bits per heavy atom. The summed E-state index contributed by atoms with van der Waals surface area (Å²) < 4.78 is 10.8. The number of hydrogen-bond donors (Lipinski definition) is 4. The quantitative estimate of drug-likeness (QED) is 0.533. The maximum absolute atomic E-state index is 12.4. The summed E-state index contributed by atoms with van der Waals surface area (Å²) >= 11 is 0. The van der Waals surface area contributed by atoms with E-state index < -0.39 is 16.9 Å².